The molecule has 0 unspecified atom stereocenters. The van der Waals surface area contributed by atoms with Gasteiger partial charge in [-0.25, -0.2) is 0 Å². The molecule has 0 bridgehead atoms. The SMILES string of the molecule is O=C([O-])c1ccc2cc(Br)ccn12.[Li+]. The minimum atomic E-state index is -1.16. The molecule has 0 aromatic carbocycles. The summed E-state index contributed by atoms with van der Waals surface area (Å²) >= 11 is 3.30. The maximum atomic E-state index is 10.6. The topological polar surface area (TPSA) is 44.5 Å². The maximum Gasteiger partial charge on any atom is 1.00 e. The van der Waals surface area contributed by atoms with Gasteiger partial charge < -0.3 is 14.3 Å². The maximum absolute atomic E-state index is 10.6. The fourth-order valence-electron chi connectivity index (χ4n) is 1.25. The number of hydrogen-bond donors (Lipinski definition) is 0. The first-order chi connectivity index (χ1) is 6.18. The van der Waals surface area contributed by atoms with Crippen LogP contribution in [0.5, 0.6) is 0 Å². The molecule has 0 fully saturated rings. The van der Waals surface area contributed by atoms with E-state index in [9.17, 15) is 9.90 Å². The number of carboxylic acids is 1. The van der Waals surface area contributed by atoms with Crippen molar-refractivity contribution >= 4 is 27.4 Å². The first-order valence-corrected chi connectivity index (χ1v) is 4.46. The first kappa shape index (κ1) is 11.4. The van der Waals surface area contributed by atoms with Crippen LogP contribution in [0.1, 0.15) is 10.5 Å². The normalized spacial score (nSPS) is 9.79. The van der Waals surface area contributed by atoms with Crippen molar-refractivity contribution in [2.45, 2.75) is 0 Å². The van der Waals surface area contributed by atoms with E-state index < -0.39 is 5.97 Å². The predicted octanol–water partition coefficient (Wildman–Crippen LogP) is -1.93. The van der Waals surface area contributed by atoms with Crippen molar-refractivity contribution in [3.63, 3.8) is 0 Å². The fourth-order valence-corrected chi connectivity index (χ4v) is 1.60. The zero-order chi connectivity index (χ0) is 9.42. The molecule has 0 saturated heterocycles. The Bertz CT molecular complexity index is 481. The summed E-state index contributed by atoms with van der Waals surface area (Å²) in [5.74, 6) is -1.16. The molecule has 5 heteroatoms. The van der Waals surface area contributed by atoms with Gasteiger partial charge in [0.1, 0.15) is 0 Å². The van der Waals surface area contributed by atoms with Crippen LogP contribution in [0.15, 0.2) is 34.9 Å². The number of halogens is 1. The average Bonchev–Trinajstić information content (AvgIpc) is 2.46. The van der Waals surface area contributed by atoms with Crippen molar-refractivity contribution in [3.8, 4) is 0 Å². The van der Waals surface area contributed by atoms with Gasteiger partial charge in [0.2, 0.25) is 0 Å². The molecule has 14 heavy (non-hydrogen) atoms. The third kappa shape index (κ3) is 1.88. The molecule has 3 nitrogen and oxygen atoms in total. The molecule has 0 aliphatic heterocycles. The number of fused-ring (bicyclic) bond motifs is 1. The minimum Gasteiger partial charge on any atom is -0.543 e. The van der Waals surface area contributed by atoms with Crippen molar-refractivity contribution < 1.29 is 28.8 Å². The predicted molar refractivity (Wildman–Crippen MR) is 49.4 cm³/mol. The Morgan fingerprint density at radius 3 is 2.71 bits per heavy atom. The summed E-state index contributed by atoms with van der Waals surface area (Å²) in [5.41, 5.74) is 0.996. The largest absolute Gasteiger partial charge is 1.00 e. The number of carbonyl (C=O) groups excluding carboxylic acids is 1. The Labute approximate surface area is 101 Å². The van der Waals surface area contributed by atoms with Crippen molar-refractivity contribution in [2.24, 2.45) is 0 Å². The Kier molecular flexibility index (Phi) is 3.43. The zero-order valence-electron chi connectivity index (χ0n) is 7.53. The van der Waals surface area contributed by atoms with Crippen molar-refractivity contribution in [1.82, 2.24) is 4.40 Å². The molecule has 2 aromatic rings. The van der Waals surface area contributed by atoms with Crippen LogP contribution < -0.4 is 24.0 Å². The summed E-state index contributed by atoms with van der Waals surface area (Å²) < 4.78 is 2.49. The second-order valence-electron chi connectivity index (χ2n) is 2.65. The van der Waals surface area contributed by atoms with Crippen LogP contribution in [0, 0.1) is 0 Å². The van der Waals surface area contributed by atoms with Gasteiger partial charge in [-0.15, -0.1) is 0 Å². The quantitative estimate of drug-likeness (QED) is 0.550. The summed E-state index contributed by atoms with van der Waals surface area (Å²) in [6, 6.07) is 6.87. The van der Waals surface area contributed by atoms with Gasteiger partial charge in [0.25, 0.3) is 0 Å². The van der Waals surface area contributed by atoms with Crippen LogP contribution >= 0.6 is 15.9 Å². The van der Waals surface area contributed by atoms with Crippen LogP contribution in [-0.2, 0) is 0 Å². The van der Waals surface area contributed by atoms with E-state index >= 15 is 0 Å². The summed E-state index contributed by atoms with van der Waals surface area (Å²) in [5, 5.41) is 10.6. The molecule has 0 spiro atoms. The number of pyridine rings is 1. The fraction of sp³-hybridized carbons (Fsp3) is 0. The summed E-state index contributed by atoms with van der Waals surface area (Å²) in [4.78, 5) is 10.6. The van der Waals surface area contributed by atoms with Crippen molar-refractivity contribution in [2.75, 3.05) is 0 Å². The molecule has 2 aromatic heterocycles. The minimum absolute atomic E-state index is 0. The van der Waals surface area contributed by atoms with Gasteiger partial charge in [-0.3, -0.25) is 0 Å². The van der Waals surface area contributed by atoms with Gasteiger partial charge in [0.05, 0.1) is 11.7 Å². The second-order valence-corrected chi connectivity index (χ2v) is 3.56. The number of aromatic carboxylic acids is 1. The summed E-state index contributed by atoms with van der Waals surface area (Å²) in [7, 11) is 0. The van der Waals surface area contributed by atoms with Crippen LogP contribution in [0.2, 0.25) is 0 Å². The summed E-state index contributed by atoms with van der Waals surface area (Å²) in [6.07, 6.45) is 1.69. The third-order valence-electron chi connectivity index (χ3n) is 1.83. The molecule has 0 saturated carbocycles. The number of nitrogens with zero attached hydrogens (tertiary/aromatic N) is 1. The van der Waals surface area contributed by atoms with E-state index in [4.69, 9.17) is 0 Å². The van der Waals surface area contributed by atoms with Crippen LogP contribution in [-0.4, -0.2) is 10.4 Å². The Hall–Kier alpha value is -0.693. The average molecular weight is 246 g/mol. The monoisotopic (exact) mass is 245 g/mol. The molecule has 2 heterocycles. The van der Waals surface area contributed by atoms with Crippen LogP contribution in [0.3, 0.4) is 0 Å². The van der Waals surface area contributed by atoms with Gasteiger partial charge in [-0.1, -0.05) is 15.9 Å². The van der Waals surface area contributed by atoms with Gasteiger partial charge in [0.15, 0.2) is 0 Å². The van der Waals surface area contributed by atoms with Gasteiger partial charge in [0, 0.05) is 16.2 Å². The van der Waals surface area contributed by atoms with Crippen LogP contribution in [0.4, 0.5) is 0 Å². The van der Waals surface area contributed by atoms with Crippen LogP contribution in [0.25, 0.3) is 5.52 Å². The number of rotatable bonds is 1. The summed E-state index contributed by atoms with van der Waals surface area (Å²) in [6.45, 7) is 0. The molecule has 0 N–H and O–H groups in total. The molecule has 0 aliphatic rings. The van der Waals surface area contributed by atoms with E-state index in [0.29, 0.717) is 0 Å². The Morgan fingerprint density at radius 1 is 1.36 bits per heavy atom. The molecule has 66 valence electrons. The zero-order valence-corrected chi connectivity index (χ0v) is 9.11. The van der Waals surface area contributed by atoms with E-state index in [2.05, 4.69) is 15.9 Å². The van der Waals surface area contributed by atoms with E-state index in [1.165, 1.54) is 6.07 Å². The smallest absolute Gasteiger partial charge is 0.543 e. The van der Waals surface area contributed by atoms with Crippen molar-refractivity contribution in [1.29, 1.82) is 0 Å². The molecule has 0 amide bonds. The number of hydrogen-bond acceptors (Lipinski definition) is 2. The molecular weight excluding hydrogens is 241 g/mol. The van der Waals surface area contributed by atoms with E-state index in [-0.39, 0.29) is 24.6 Å². The first-order valence-electron chi connectivity index (χ1n) is 3.66. The number of carbonyl (C=O) groups is 1. The number of carboxylic acid groups (broad SMARTS) is 1. The van der Waals surface area contributed by atoms with Gasteiger partial charge >= 0.3 is 18.9 Å². The Balaban J connectivity index is 0.000000980. The number of aromatic nitrogens is 1. The standard InChI is InChI=1S/C9H6BrNO2.Li/c10-6-3-4-11-7(5-6)1-2-8(11)9(12)13;/h1-5H,(H,12,13);/q;+1/p-1. The van der Waals surface area contributed by atoms with Gasteiger partial charge in [-0.2, -0.15) is 0 Å². The third-order valence-corrected chi connectivity index (χ3v) is 2.32. The second kappa shape index (κ2) is 4.22. The molecular formula is C9H5BrLiNO2. The Morgan fingerprint density at radius 2 is 2.07 bits per heavy atom. The molecule has 0 atom stereocenters. The van der Waals surface area contributed by atoms with E-state index in [1.54, 1.807) is 22.7 Å². The van der Waals surface area contributed by atoms with Crippen molar-refractivity contribution in [3.05, 3.63) is 40.6 Å². The van der Waals surface area contributed by atoms with E-state index in [1.807, 2.05) is 6.07 Å². The molecule has 0 radical (unpaired) electrons. The molecule has 0 aliphatic carbocycles. The molecule has 2 rings (SSSR count). The van der Waals surface area contributed by atoms with Gasteiger partial charge in [-0.05, 0) is 24.3 Å². The van der Waals surface area contributed by atoms with E-state index in [0.717, 1.165) is 9.99 Å².